The van der Waals surface area contributed by atoms with E-state index < -0.39 is 5.91 Å². The molecule has 0 aliphatic heterocycles. The largest absolute Gasteiger partial charge is 0.384 e. The zero-order valence-electron chi connectivity index (χ0n) is 15.6. The first-order valence-corrected chi connectivity index (χ1v) is 9.77. The van der Waals surface area contributed by atoms with Gasteiger partial charge in [0.15, 0.2) is 5.78 Å². The van der Waals surface area contributed by atoms with Gasteiger partial charge in [0.1, 0.15) is 11.6 Å². The van der Waals surface area contributed by atoms with Crippen molar-refractivity contribution in [3.05, 3.63) is 41.6 Å². The molecule has 4 bridgehead atoms. The van der Waals surface area contributed by atoms with Crippen LogP contribution in [0.5, 0.6) is 0 Å². The third-order valence-corrected chi connectivity index (χ3v) is 6.48. The lowest BCUT2D eigenvalue weighted by molar-refractivity contribution is -0.112. The molecule has 4 fully saturated rings. The number of Topliss-reactive ketones (excluding diaryl/α,β-unsaturated/α-hetero) is 1. The van der Waals surface area contributed by atoms with Gasteiger partial charge in [-0.15, -0.1) is 0 Å². The highest BCUT2D eigenvalue weighted by Crippen LogP contribution is 2.55. The number of carbonyl (C=O) groups excluding carboxylic acids is 2. The molecule has 0 heterocycles. The van der Waals surface area contributed by atoms with Gasteiger partial charge in [0.05, 0.1) is 0 Å². The summed E-state index contributed by atoms with van der Waals surface area (Å²) in [7, 11) is 0. The fourth-order valence-electron chi connectivity index (χ4n) is 5.65. The second kappa shape index (κ2) is 6.84. The minimum atomic E-state index is -0.426. The molecule has 1 aromatic rings. The van der Waals surface area contributed by atoms with Gasteiger partial charge in [-0.3, -0.25) is 9.59 Å². The summed E-state index contributed by atoms with van der Waals surface area (Å²) in [5, 5.41) is 15.7. The maximum atomic E-state index is 12.5. The molecule has 140 valence electrons. The topological polar surface area (TPSA) is 82.0 Å². The molecular formula is C22H25N3O2. The molecule has 2 N–H and O–H groups in total. The normalized spacial score (nSPS) is 31.3. The molecular weight excluding hydrogens is 338 g/mol. The average Bonchev–Trinajstić information content (AvgIpc) is 2.61. The Hall–Kier alpha value is -2.61. The number of benzene rings is 1. The lowest BCUT2D eigenvalue weighted by Crippen LogP contribution is -2.57. The summed E-state index contributed by atoms with van der Waals surface area (Å²) in [6, 6.07) is 8.71. The minimum Gasteiger partial charge on any atom is -0.384 e. The fourth-order valence-corrected chi connectivity index (χ4v) is 5.65. The molecule has 0 unspecified atom stereocenters. The van der Waals surface area contributed by atoms with E-state index in [1.807, 2.05) is 6.07 Å². The lowest BCUT2D eigenvalue weighted by atomic mass is 9.53. The monoisotopic (exact) mass is 363 g/mol. The lowest BCUT2D eigenvalue weighted by Gasteiger charge is -2.56. The summed E-state index contributed by atoms with van der Waals surface area (Å²) in [5.41, 5.74) is 1.31. The van der Waals surface area contributed by atoms with Crippen LogP contribution in [-0.2, 0) is 4.79 Å². The van der Waals surface area contributed by atoms with Crippen LogP contribution in [0.1, 0.15) is 55.8 Å². The van der Waals surface area contributed by atoms with Crippen molar-refractivity contribution in [3.63, 3.8) is 0 Å². The summed E-state index contributed by atoms with van der Waals surface area (Å²) in [5.74, 6) is 1.96. The Morgan fingerprint density at radius 3 is 2.11 bits per heavy atom. The zero-order chi connectivity index (χ0) is 19.0. The first-order valence-electron chi connectivity index (χ1n) is 9.77. The second-order valence-electron chi connectivity index (χ2n) is 8.60. The van der Waals surface area contributed by atoms with Crippen molar-refractivity contribution in [1.29, 1.82) is 5.26 Å². The van der Waals surface area contributed by atoms with Crippen LogP contribution in [0.3, 0.4) is 0 Å². The summed E-state index contributed by atoms with van der Waals surface area (Å²) < 4.78 is 0. The van der Waals surface area contributed by atoms with Crippen molar-refractivity contribution in [2.45, 2.75) is 51.0 Å². The van der Waals surface area contributed by atoms with Gasteiger partial charge in [0.2, 0.25) is 0 Å². The van der Waals surface area contributed by atoms with Gasteiger partial charge in [-0.2, -0.15) is 5.26 Å². The number of nitrogens with one attached hydrogen (secondary N) is 2. The van der Waals surface area contributed by atoms with Gasteiger partial charge in [-0.1, -0.05) is 0 Å². The average molecular weight is 363 g/mol. The third-order valence-electron chi connectivity index (χ3n) is 6.48. The van der Waals surface area contributed by atoms with Gasteiger partial charge >= 0.3 is 0 Å². The summed E-state index contributed by atoms with van der Waals surface area (Å²) in [6.07, 6.45) is 9.14. The molecule has 4 saturated carbocycles. The Balaban J connectivity index is 1.43. The first-order chi connectivity index (χ1) is 13.0. The number of rotatable bonds is 5. The van der Waals surface area contributed by atoms with Crippen molar-refractivity contribution in [2.24, 2.45) is 17.8 Å². The van der Waals surface area contributed by atoms with Crippen molar-refractivity contribution in [2.75, 3.05) is 5.32 Å². The first kappa shape index (κ1) is 17.8. The molecule has 0 aromatic heterocycles. The van der Waals surface area contributed by atoms with E-state index in [2.05, 4.69) is 10.6 Å². The van der Waals surface area contributed by atoms with Crippen molar-refractivity contribution in [1.82, 2.24) is 5.32 Å². The number of hydrogen-bond acceptors (Lipinski definition) is 4. The number of nitriles is 1. The van der Waals surface area contributed by atoms with Crippen molar-refractivity contribution >= 4 is 17.4 Å². The maximum Gasteiger partial charge on any atom is 0.267 e. The highest BCUT2D eigenvalue weighted by Gasteiger charge is 2.50. The van der Waals surface area contributed by atoms with Crippen LogP contribution >= 0.6 is 0 Å². The highest BCUT2D eigenvalue weighted by molar-refractivity contribution is 6.06. The SMILES string of the molecule is CC(=O)c1ccc(NC(=O)/C(C#N)=C\NC23CC4CC(CC(C4)C2)C3)cc1. The Labute approximate surface area is 159 Å². The summed E-state index contributed by atoms with van der Waals surface area (Å²) in [6.45, 7) is 1.50. The molecule has 5 heteroatoms. The molecule has 5 nitrogen and oxygen atoms in total. The molecule has 0 radical (unpaired) electrons. The standard InChI is InChI=1S/C22H25N3O2/c1-14(26)18-2-4-20(5-3-18)25-21(27)19(12-23)13-24-22-9-15-6-16(10-22)8-17(7-15)11-22/h2-5,13,15-17,24H,6-11H2,1H3,(H,25,27)/b19-13-. The summed E-state index contributed by atoms with van der Waals surface area (Å²) in [4.78, 5) is 23.8. The van der Waals surface area contributed by atoms with E-state index in [1.54, 1.807) is 30.5 Å². The van der Waals surface area contributed by atoms with Gasteiger partial charge in [0.25, 0.3) is 5.91 Å². The van der Waals surface area contributed by atoms with E-state index >= 15 is 0 Å². The van der Waals surface area contributed by atoms with E-state index in [4.69, 9.17) is 0 Å². The van der Waals surface area contributed by atoms with Crippen molar-refractivity contribution < 1.29 is 9.59 Å². The Kier molecular flexibility index (Phi) is 4.51. The van der Waals surface area contributed by atoms with Crippen LogP contribution in [0.4, 0.5) is 5.69 Å². The van der Waals surface area contributed by atoms with E-state index in [0.717, 1.165) is 37.0 Å². The molecule has 27 heavy (non-hydrogen) atoms. The number of hydrogen-bond donors (Lipinski definition) is 2. The smallest absolute Gasteiger partial charge is 0.267 e. The van der Waals surface area contributed by atoms with Gasteiger partial charge in [0, 0.05) is 23.0 Å². The Morgan fingerprint density at radius 1 is 1.07 bits per heavy atom. The maximum absolute atomic E-state index is 12.5. The molecule has 1 amide bonds. The van der Waals surface area contributed by atoms with E-state index in [0.29, 0.717) is 11.3 Å². The Bertz CT molecular complexity index is 797. The second-order valence-corrected chi connectivity index (χ2v) is 8.60. The van der Waals surface area contributed by atoms with Gasteiger partial charge < -0.3 is 10.6 Å². The molecule has 0 atom stereocenters. The van der Waals surface area contributed by atoms with Crippen LogP contribution in [0.2, 0.25) is 0 Å². The van der Waals surface area contributed by atoms with Crippen molar-refractivity contribution in [3.8, 4) is 6.07 Å². The van der Waals surface area contributed by atoms with Crippen LogP contribution in [-0.4, -0.2) is 17.2 Å². The molecule has 0 spiro atoms. The molecule has 5 rings (SSSR count). The van der Waals surface area contributed by atoms with E-state index in [1.165, 1.54) is 26.2 Å². The molecule has 0 saturated heterocycles. The predicted molar refractivity (Wildman–Crippen MR) is 103 cm³/mol. The van der Waals surface area contributed by atoms with E-state index in [-0.39, 0.29) is 16.9 Å². The number of amides is 1. The van der Waals surface area contributed by atoms with Crippen LogP contribution < -0.4 is 10.6 Å². The quantitative estimate of drug-likeness (QED) is 0.474. The highest BCUT2D eigenvalue weighted by atomic mass is 16.1. The van der Waals surface area contributed by atoms with E-state index in [9.17, 15) is 14.9 Å². The zero-order valence-corrected chi connectivity index (χ0v) is 15.6. The number of ketones is 1. The number of carbonyl (C=O) groups is 2. The van der Waals surface area contributed by atoms with Crippen LogP contribution in [0.15, 0.2) is 36.0 Å². The summed E-state index contributed by atoms with van der Waals surface area (Å²) >= 11 is 0. The number of nitrogens with zero attached hydrogens (tertiary/aromatic N) is 1. The van der Waals surface area contributed by atoms with Crippen LogP contribution in [0, 0.1) is 29.1 Å². The minimum absolute atomic E-state index is 0.0229. The molecule has 1 aromatic carbocycles. The molecule has 4 aliphatic carbocycles. The molecule has 4 aliphatic rings. The van der Waals surface area contributed by atoms with Gasteiger partial charge in [-0.25, -0.2) is 0 Å². The number of anilines is 1. The fraction of sp³-hybridized carbons (Fsp3) is 0.500. The third kappa shape index (κ3) is 3.62. The predicted octanol–water partition coefficient (Wildman–Crippen LogP) is 3.79. The van der Waals surface area contributed by atoms with Crippen LogP contribution in [0.25, 0.3) is 0 Å². The van der Waals surface area contributed by atoms with Gasteiger partial charge in [-0.05, 0) is 87.5 Å². The Morgan fingerprint density at radius 2 is 1.63 bits per heavy atom.